The van der Waals surface area contributed by atoms with E-state index in [1.807, 2.05) is 0 Å². The molecule has 0 bridgehead atoms. The van der Waals surface area contributed by atoms with Crippen LogP contribution in [0.2, 0.25) is 0 Å². The first-order valence-electron chi connectivity index (χ1n) is 8.37. The van der Waals surface area contributed by atoms with Gasteiger partial charge in [0.25, 0.3) is 0 Å². The summed E-state index contributed by atoms with van der Waals surface area (Å²) >= 11 is 4.65. The first kappa shape index (κ1) is 22.6. The summed E-state index contributed by atoms with van der Waals surface area (Å²) in [7, 11) is 1.48. The standard InChI is InChI=1S/C18H21BrN2O6S/c1-9(22)25-8-13-16(26-10(2)23)15(21)17(24-3)18(27-13)28-14-6-12(19)5-4-11(14)7-20/h4-6,13,15-18H,8,21H2,1-3H3. The van der Waals surface area contributed by atoms with Crippen molar-refractivity contribution in [2.45, 2.75) is 48.5 Å². The molecular weight excluding hydrogens is 452 g/mol. The number of benzene rings is 1. The molecule has 0 saturated carbocycles. The van der Waals surface area contributed by atoms with Gasteiger partial charge in [-0.15, -0.1) is 0 Å². The molecule has 8 nitrogen and oxygen atoms in total. The number of nitriles is 1. The number of methoxy groups -OCH3 is 1. The first-order valence-corrected chi connectivity index (χ1v) is 10.0. The van der Waals surface area contributed by atoms with Crippen LogP contribution in [0.5, 0.6) is 0 Å². The van der Waals surface area contributed by atoms with Crippen molar-refractivity contribution >= 4 is 39.6 Å². The Labute approximate surface area is 175 Å². The topological polar surface area (TPSA) is 121 Å². The smallest absolute Gasteiger partial charge is 0.303 e. The Balaban J connectivity index is 2.30. The van der Waals surface area contributed by atoms with Crippen LogP contribution in [0.15, 0.2) is 27.6 Å². The zero-order chi connectivity index (χ0) is 20.8. The third-order valence-electron chi connectivity index (χ3n) is 4.03. The second kappa shape index (κ2) is 10.2. The van der Waals surface area contributed by atoms with Crippen molar-refractivity contribution < 1.29 is 28.5 Å². The van der Waals surface area contributed by atoms with Crippen LogP contribution in [0.1, 0.15) is 19.4 Å². The predicted molar refractivity (Wildman–Crippen MR) is 104 cm³/mol. The second-order valence-corrected chi connectivity index (χ2v) is 8.12. The normalized spacial score (nSPS) is 26.9. The van der Waals surface area contributed by atoms with Gasteiger partial charge in [-0.1, -0.05) is 27.7 Å². The number of hydrogen-bond acceptors (Lipinski definition) is 9. The maximum atomic E-state index is 11.5. The molecule has 5 unspecified atom stereocenters. The van der Waals surface area contributed by atoms with E-state index in [-0.39, 0.29) is 6.61 Å². The molecule has 2 N–H and O–H groups in total. The van der Waals surface area contributed by atoms with Gasteiger partial charge in [0.15, 0.2) is 0 Å². The summed E-state index contributed by atoms with van der Waals surface area (Å²) in [5.41, 5.74) is 6.17. The van der Waals surface area contributed by atoms with Crippen LogP contribution in [-0.4, -0.2) is 55.4 Å². The van der Waals surface area contributed by atoms with E-state index in [0.717, 1.165) is 4.47 Å². The van der Waals surface area contributed by atoms with E-state index in [0.29, 0.717) is 10.5 Å². The van der Waals surface area contributed by atoms with Crippen LogP contribution in [0, 0.1) is 11.3 Å². The number of nitrogens with two attached hydrogens (primary N) is 1. The van der Waals surface area contributed by atoms with Gasteiger partial charge in [0.05, 0.1) is 11.6 Å². The van der Waals surface area contributed by atoms with E-state index in [2.05, 4.69) is 22.0 Å². The lowest BCUT2D eigenvalue weighted by atomic mass is 9.98. The van der Waals surface area contributed by atoms with Crippen LogP contribution < -0.4 is 5.73 Å². The number of halogens is 1. The molecule has 10 heteroatoms. The average molecular weight is 473 g/mol. The van der Waals surface area contributed by atoms with Crippen LogP contribution >= 0.6 is 27.7 Å². The Hall–Kier alpha value is -1.64. The molecule has 1 aromatic carbocycles. The van der Waals surface area contributed by atoms with Crippen LogP contribution in [0.25, 0.3) is 0 Å². The van der Waals surface area contributed by atoms with E-state index >= 15 is 0 Å². The van der Waals surface area contributed by atoms with Crippen molar-refractivity contribution in [3.63, 3.8) is 0 Å². The maximum Gasteiger partial charge on any atom is 0.303 e. The minimum Gasteiger partial charge on any atom is -0.463 e. The molecule has 0 aliphatic carbocycles. The lowest BCUT2D eigenvalue weighted by Gasteiger charge is -2.43. The van der Waals surface area contributed by atoms with Crippen LogP contribution in [0.4, 0.5) is 0 Å². The van der Waals surface area contributed by atoms with E-state index in [1.54, 1.807) is 18.2 Å². The molecule has 1 aliphatic heterocycles. The minimum atomic E-state index is -0.850. The summed E-state index contributed by atoms with van der Waals surface area (Å²) < 4.78 is 22.7. The van der Waals surface area contributed by atoms with Crippen molar-refractivity contribution in [1.29, 1.82) is 5.26 Å². The molecule has 5 atom stereocenters. The molecule has 28 heavy (non-hydrogen) atoms. The molecule has 0 radical (unpaired) electrons. The highest BCUT2D eigenvalue weighted by atomic mass is 79.9. The van der Waals surface area contributed by atoms with Crippen LogP contribution in [-0.2, 0) is 28.5 Å². The molecule has 0 aromatic heterocycles. The quantitative estimate of drug-likeness (QED) is 0.618. The summed E-state index contributed by atoms with van der Waals surface area (Å²) in [5.74, 6) is -1.02. The highest BCUT2D eigenvalue weighted by molar-refractivity contribution is 9.10. The van der Waals surface area contributed by atoms with Gasteiger partial charge >= 0.3 is 11.9 Å². The summed E-state index contributed by atoms with van der Waals surface area (Å²) in [6.07, 6.45) is -2.26. The number of carbonyl (C=O) groups is 2. The van der Waals surface area contributed by atoms with Crippen molar-refractivity contribution in [3.8, 4) is 6.07 Å². The van der Waals surface area contributed by atoms with Gasteiger partial charge in [0.1, 0.15) is 36.4 Å². The van der Waals surface area contributed by atoms with Gasteiger partial charge in [-0.25, -0.2) is 0 Å². The maximum absolute atomic E-state index is 11.5. The molecule has 1 saturated heterocycles. The third-order valence-corrected chi connectivity index (χ3v) is 5.73. The number of esters is 2. The largest absolute Gasteiger partial charge is 0.463 e. The Morgan fingerprint density at radius 3 is 2.61 bits per heavy atom. The predicted octanol–water partition coefficient (Wildman–Crippen LogP) is 1.97. The second-order valence-electron chi connectivity index (χ2n) is 6.07. The molecule has 1 aromatic rings. The fraction of sp³-hybridized carbons (Fsp3) is 0.500. The lowest BCUT2D eigenvalue weighted by molar-refractivity contribution is -0.196. The third kappa shape index (κ3) is 5.68. The number of thioether (sulfide) groups is 1. The van der Waals surface area contributed by atoms with Crippen LogP contribution in [0.3, 0.4) is 0 Å². The Bertz CT molecular complexity index is 771. The Morgan fingerprint density at radius 1 is 1.32 bits per heavy atom. The van der Waals surface area contributed by atoms with Gasteiger partial charge in [-0.2, -0.15) is 5.26 Å². The van der Waals surface area contributed by atoms with Gasteiger partial charge in [0.2, 0.25) is 0 Å². The zero-order valence-corrected chi connectivity index (χ0v) is 18.0. The highest BCUT2D eigenvalue weighted by Crippen LogP contribution is 2.37. The van der Waals surface area contributed by atoms with E-state index in [1.165, 1.54) is 32.7 Å². The summed E-state index contributed by atoms with van der Waals surface area (Å²) in [5, 5.41) is 9.36. The van der Waals surface area contributed by atoms with E-state index < -0.39 is 41.7 Å². The molecule has 1 heterocycles. The average Bonchev–Trinajstić information content (AvgIpc) is 2.62. The van der Waals surface area contributed by atoms with Gasteiger partial charge in [-0.3, -0.25) is 9.59 Å². The fourth-order valence-electron chi connectivity index (χ4n) is 2.80. The van der Waals surface area contributed by atoms with E-state index in [9.17, 15) is 14.9 Å². The number of rotatable bonds is 6. The molecule has 152 valence electrons. The van der Waals surface area contributed by atoms with Gasteiger partial charge in [-0.05, 0) is 18.2 Å². The van der Waals surface area contributed by atoms with Gasteiger partial charge in [0, 0.05) is 30.3 Å². The summed E-state index contributed by atoms with van der Waals surface area (Å²) in [6, 6.07) is 6.66. The van der Waals surface area contributed by atoms with Crippen molar-refractivity contribution in [2.75, 3.05) is 13.7 Å². The van der Waals surface area contributed by atoms with E-state index in [4.69, 9.17) is 24.7 Å². The lowest BCUT2D eigenvalue weighted by Crippen LogP contribution is -2.63. The first-order chi connectivity index (χ1) is 13.3. The van der Waals surface area contributed by atoms with Crippen molar-refractivity contribution in [2.24, 2.45) is 5.73 Å². The van der Waals surface area contributed by atoms with Crippen molar-refractivity contribution in [1.82, 2.24) is 0 Å². The SMILES string of the molecule is COC1C(Sc2cc(Br)ccc2C#N)OC(COC(C)=O)C(OC(C)=O)C1N. The zero-order valence-electron chi connectivity index (χ0n) is 15.6. The Kier molecular flexibility index (Phi) is 8.27. The number of carbonyl (C=O) groups excluding carboxylic acids is 2. The molecular formula is C18H21BrN2O6S. The minimum absolute atomic E-state index is 0.127. The highest BCUT2D eigenvalue weighted by Gasteiger charge is 2.47. The molecule has 0 amide bonds. The fourth-order valence-corrected chi connectivity index (χ4v) is 4.62. The van der Waals surface area contributed by atoms with Gasteiger partial charge < -0.3 is 24.7 Å². The number of ether oxygens (including phenoxy) is 4. The monoisotopic (exact) mass is 472 g/mol. The summed E-state index contributed by atoms with van der Waals surface area (Å²) in [4.78, 5) is 23.4. The molecule has 2 rings (SSSR count). The number of hydrogen-bond donors (Lipinski definition) is 1. The molecule has 1 fully saturated rings. The number of nitrogens with zero attached hydrogens (tertiary/aromatic N) is 1. The van der Waals surface area contributed by atoms with Crippen molar-refractivity contribution in [3.05, 3.63) is 28.2 Å². The Morgan fingerprint density at radius 2 is 2.04 bits per heavy atom. The summed E-state index contributed by atoms with van der Waals surface area (Å²) in [6.45, 7) is 2.41. The molecule has 0 spiro atoms. The molecule has 1 aliphatic rings.